The minimum Gasteiger partial charge on any atom is -0.215 e. The predicted molar refractivity (Wildman–Crippen MR) is 28.9 cm³/mol. The number of hydrogen-bond donors (Lipinski definition) is 1. The molecule has 8 heavy (non-hydrogen) atoms. The van der Waals surface area contributed by atoms with Gasteiger partial charge in [0, 0.05) is 0 Å². The summed E-state index contributed by atoms with van der Waals surface area (Å²) < 4.78 is 14.2. The second kappa shape index (κ2) is 1.82. The van der Waals surface area contributed by atoms with Gasteiger partial charge < -0.3 is 0 Å². The van der Waals surface area contributed by atoms with Crippen LogP contribution >= 0.6 is 0 Å². The molecule has 0 aromatic heterocycles. The summed E-state index contributed by atoms with van der Waals surface area (Å²) >= 11 is 0. The Labute approximate surface area is 48.2 Å². The maximum absolute atomic E-state index is 12.5. The summed E-state index contributed by atoms with van der Waals surface area (Å²) in [6.07, 6.45) is -0.0370. The first-order valence-electron chi connectivity index (χ1n) is 2.78. The highest BCUT2D eigenvalue weighted by Crippen LogP contribution is 1.75. The van der Waals surface area contributed by atoms with Crippen LogP contribution in [0.1, 0.15) is 0 Å². The van der Waals surface area contributed by atoms with Crippen molar-refractivity contribution in [3.63, 3.8) is 0 Å². The summed E-state index contributed by atoms with van der Waals surface area (Å²) in [7, 11) is 3.60. The third kappa shape index (κ3) is 0.733. The molecule has 3 heteroatoms. The van der Waals surface area contributed by atoms with Crippen molar-refractivity contribution in [2.24, 2.45) is 0 Å². The van der Waals surface area contributed by atoms with E-state index in [9.17, 15) is 4.39 Å². The van der Waals surface area contributed by atoms with Crippen molar-refractivity contribution in [2.45, 2.75) is 0 Å². The SMILES string of the molecule is C[N+]1=C(F)[NH+](C)CC1. The highest BCUT2D eigenvalue weighted by Gasteiger charge is 2.29. The van der Waals surface area contributed by atoms with Crippen molar-refractivity contribution < 1.29 is 13.9 Å². The van der Waals surface area contributed by atoms with Gasteiger partial charge in [-0.1, -0.05) is 4.39 Å². The summed E-state index contributed by atoms with van der Waals surface area (Å²) in [5.41, 5.74) is 0. The quantitative estimate of drug-likeness (QED) is 0.292. The molecule has 0 fully saturated rings. The zero-order valence-corrected chi connectivity index (χ0v) is 5.24. The van der Waals surface area contributed by atoms with E-state index in [0.29, 0.717) is 0 Å². The van der Waals surface area contributed by atoms with E-state index in [0.717, 1.165) is 18.0 Å². The molecule has 0 spiro atoms. The number of likely N-dealkylation sites (N-methyl/N-ethyl adjacent to an activating group) is 2. The standard InChI is InChI=1S/C5H10FN2/c1-7-3-4-8(2)5(7)6/h3-4H2,1-2H3/q+1/p+1. The van der Waals surface area contributed by atoms with Crippen LogP contribution in [0.15, 0.2) is 0 Å². The van der Waals surface area contributed by atoms with Gasteiger partial charge in [-0.15, -0.1) is 0 Å². The Morgan fingerprint density at radius 1 is 1.75 bits per heavy atom. The third-order valence-electron chi connectivity index (χ3n) is 1.51. The predicted octanol–water partition coefficient (Wildman–Crippen LogP) is -1.52. The fourth-order valence-corrected chi connectivity index (χ4v) is 0.863. The number of amidine groups is 1. The van der Waals surface area contributed by atoms with Crippen molar-refractivity contribution >= 4 is 6.09 Å². The number of quaternary nitrogens is 1. The first-order valence-corrected chi connectivity index (χ1v) is 2.78. The first kappa shape index (κ1) is 5.69. The average Bonchev–Trinajstić information content (AvgIpc) is 1.98. The zero-order chi connectivity index (χ0) is 6.15. The van der Waals surface area contributed by atoms with Crippen LogP contribution in [0.3, 0.4) is 0 Å². The number of rotatable bonds is 0. The fraction of sp³-hybridized carbons (Fsp3) is 0.800. The molecule has 0 aromatic carbocycles. The maximum Gasteiger partial charge on any atom is 0.535 e. The molecule has 0 saturated heterocycles. The Morgan fingerprint density at radius 3 is 2.50 bits per heavy atom. The number of nitrogens with one attached hydrogen (secondary N) is 1. The Morgan fingerprint density at radius 2 is 2.38 bits per heavy atom. The highest BCUT2D eigenvalue weighted by atomic mass is 19.1. The largest absolute Gasteiger partial charge is 0.535 e. The molecular weight excluding hydrogens is 107 g/mol. The van der Waals surface area contributed by atoms with E-state index < -0.39 is 0 Å². The molecule has 2 nitrogen and oxygen atoms in total. The van der Waals surface area contributed by atoms with E-state index in [4.69, 9.17) is 0 Å². The van der Waals surface area contributed by atoms with Gasteiger partial charge in [0.05, 0.1) is 7.05 Å². The van der Waals surface area contributed by atoms with Gasteiger partial charge in [-0.2, -0.15) is 4.58 Å². The van der Waals surface area contributed by atoms with E-state index in [1.807, 2.05) is 7.05 Å². The topological polar surface area (TPSA) is 7.45 Å². The third-order valence-corrected chi connectivity index (χ3v) is 1.51. The van der Waals surface area contributed by atoms with Crippen LogP contribution < -0.4 is 4.90 Å². The summed E-state index contributed by atoms with van der Waals surface area (Å²) in [6, 6.07) is 0. The molecule has 46 valence electrons. The van der Waals surface area contributed by atoms with Gasteiger partial charge in [0.2, 0.25) is 0 Å². The van der Waals surface area contributed by atoms with Crippen molar-refractivity contribution in [2.75, 3.05) is 27.2 Å². The molecular formula is C5H11FN2+2. The molecule has 1 aliphatic rings. The monoisotopic (exact) mass is 118 g/mol. The van der Waals surface area contributed by atoms with Gasteiger partial charge in [-0.05, 0) is 0 Å². The van der Waals surface area contributed by atoms with E-state index in [1.54, 1.807) is 11.6 Å². The molecule has 1 heterocycles. The second-order valence-electron chi connectivity index (χ2n) is 2.24. The Bertz CT molecular complexity index is 130. The molecule has 0 radical (unpaired) electrons. The highest BCUT2D eigenvalue weighted by molar-refractivity contribution is 5.56. The molecule has 1 N–H and O–H groups in total. The molecule has 1 unspecified atom stereocenters. The van der Waals surface area contributed by atoms with Crippen molar-refractivity contribution in [3.8, 4) is 0 Å². The summed E-state index contributed by atoms with van der Waals surface area (Å²) in [4.78, 5) is 0.882. The van der Waals surface area contributed by atoms with Gasteiger partial charge in [-0.3, -0.25) is 0 Å². The minimum atomic E-state index is -0.0370. The zero-order valence-electron chi connectivity index (χ0n) is 5.24. The lowest BCUT2D eigenvalue weighted by Gasteiger charge is -1.90. The van der Waals surface area contributed by atoms with Crippen LogP contribution in [0, 0.1) is 0 Å². The van der Waals surface area contributed by atoms with Crippen LogP contribution in [-0.4, -0.2) is 37.8 Å². The smallest absolute Gasteiger partial charge is 0.215 e. The van der Waals surface area contributed by atoms with Crippen molar-refractivity contribution in [1.29, 1.82) is 0 Å². The Balaban J connectivity index is 2.71. The van der Waals surface area contributed by atoms with E-state index in [-0.39, 0.29) is 6.09 Å². The number of hydrogen-bond acceptors (Lipinski definition) is 0. The van der Waals surface area contributed by atoms with Crippen LogP contribution in [0.25, 0.3) is 0 Å². The molecule has 1 aliphatic heterocycles. The number of nitrogens with zero attached hydrogens (tertiary/aromatic N) is 1. The fourth-order valence-electron chi connectivity index (χ4n) is 0.863. The molecule has 1 rings (SSSR count). The Hall–Kier alpha value is -0.440. The van der Waals surface area contributed by atoms with Crippen LogP contribution in [0.5, 0.6) is 0 Å². The van der Waals surface area contributed by atoms with Crippen LogP contribution in [-0.2, 0) is 0 Å². The normalized spacial score (nSPS) is 29.6. The van der Waals surface area contributed by atoms with Gasteiger partial charge in [0.15, 0.2) is 6.54 Å². The molecule has 0 bridgehead atoms. The minimum absolute atomic E-state index is 0.0370. The van der Waals surface area contributed by atoms with Crippen molar-refractivity contribution in [1.82, 2.24) is 0 Å². The van der Waals surface area contributed by atoms with E-state index in [1.165, 1.54) is 0 Å². The second-order valence-corrected chi connectivity index (χ2v) is 2.24. The lowest BCUT2D eigenvalue weighted by molar-refractivity contribution is -0.785. The van der Waals surface area contributed by atoms with E-state index >= 15 is 0 Å². The van der Waals surface area contributed by atoms with Gasteiger partial charge in [0.25, 0.3) is 0 Å². The summed E-state index contributed by atoms with van der Waals surface area (Å²) in [6.45, 7) is 1.74. The average molecular weight is 118 g/mol. The molecule has 0 aromatic rings. The summed E-state index contributed by atoms with van der Waals surface area (Å²) in [5, 5.41) is 0. The van der Waals surface area contributed by atoms with Gasteiger partial charge in [-0.25, -0.2) is 4.90 Å². The Kier molecular flexibility index (Phi) is 1.29. The van der Waals surface area contributed by atoms with Crippen molar-refractivity contribution in [3.05, 3.63) is 0 Å². The van der Waals surface area contributed by atoms with Gasteiger partial charge >= 0.3 is 6.09 Å². The molecule has 0 amide bonds. The van der Waals surface area contributed by atoms with Crippen LogP contribution in [0.4, 0.5) is 4.39 Å². The lowest BCUT2D eigenvalue weighted by Crippen LogP contribution is -3.09. The molecule has 1 atom stereocenters. The lowest BCUT2D eigenvalue weighted by atomic mass is 10.6. The molecule has 0 aliphatic carbocycles. The first-order chi connectivity index (χ1) is 3.72. The van der Waals surface area contributed by atoms with E-state index in [2.05, 4.69) is 0 Å². The molecule has 0 saturated carbocycles. The summed E-state index contributed by atoms with van der Waals surface area (Å²) in [5.74, 6) is 0. The maximum atomic E-state index is 12.5. The van der Waals surface area contributed by atoms with Crippen LogP contribution in [0.2, 0.25) is 0 Å². The number of halogens is 1. The van der Waals surface area contributed by atoms with Gasteiger partial charge in [0.1, 0.15) is 13.6 Å².